The Hall–Kier alpha value is 0.430. The number of hydrogen-bond donors (Lipinski definition) is 1. The first-order valence-corrected chi connectivity index (χ1v) is 6.36. The van der Waals surface area contributed by atoms with Crippen LogP contribution in [0.3, 0.4) is 0 Å². The number of alkyl halides is 1. The summed E-state index contributed by atoms with van der Waals surface area (Å²) in [6.45, 7) is 9.94. The molecule has 13 heavy (non-hydrogen) atoms. The molecule has 0 aromatic heterocycles. The first kappa shape index (κ1) is 13.4. The maximum atomic E-state index is 3.55. The molecule has 0 bridgehead atoms. The highest BCUT2D eigenvalue weighted by Gasteiger charge is 2.11. The minimum atomic E-state index is 0.607. The van der Waals surface area contributed by atoms with Gasteiger partial charge in [-0.25, -0.2) is 0 Å². The average molecular weight is 295 g/mol. The Labute approximate surface area is 96.5 Å². The van der Waals surface area contributed by atoms with Gasteiger partial charge in [0.05, 0.1) is 4.05 Å². The Morgan fingerprint density at radius 1 is 1.38 bits per heavy atom. The monoisotopic (exact) mass is 295 g/mol. The molecular weight excluding hydrogens is 273 g/mol. The zero-order valence-electron chi connectivity index (χ0n) is 9.18. The molecule has 0 fully saturated rings. The van der Waals surface area contributed by atoms with Gasteiger partial charge >= 0.3 is 0 Å². The second-order valence-corrected chi connectivity index (χ2v) is 5.04. The molecular formula is C11H22IN. The molecule has 0 heterocycles. The van der Waals surface area contributed by atoms with Crippen LogP contribution in [0.25, 0.3) is 0 Å². The van der Waals surface area contributed by atoms with Crippen molar-refractivity contribution in [2.24, 2.45) is 11.8 Å². The summed E-state index contributed by atoms with van der Waals surface area (Å²) in [6, 6.07) is 0. The summed E-state index contributed by atoms with van der Waals surface area (Å²) in [5.41, 5.74) is 0. The average Bonchev–Trinajstić information content (AvgIpc) is 2.13. The zero-order valence-corrected chi connectivity index (χ0v) is 11.3. The fraction of sp³-hybridized carbons (Fsp3) is 0.818. The summed E-state index contributed by atoms with van der Waals surface area (Å²) >= 11 is 2.49. The second kappa shape index (κ2) is 7.80. The van der Waals surface area contributed by atoms with E-state index in [2.05, 4.69) is 67.8 Å². The molecule has 0 rings (SSSR count). The van der Waals surface area contributed by atoms with Crippen molar-refractivity contribution in [2.45, 2.75) is 38.2 Å². The highest BCUT2D eigenvalue weighted by molar-refractivity contribution is 14.1. The zero-order chi connectivity index (χ0) is 10.3. The van der Waals surface area contributed by atoms with Gasteiger partial charge in [-0.1, -0.05) is 61.9 Å². The molecule has 0 aliphatic rings. The predicted octanol–water partition coefficient (Wildman–Crippen LogP) is 3.60. The van der Waals surface area contributed by atoms with Gasteiger partial charge in [-0.2, -0.15) is 0 Å². The normalized spacial score (nSPS) is 18.8. The van der Waals surface area contributed by atoms with E-state index >= 15 is 0 Å². The molecule has 0 aromatic rings. The molecule has 0 amide bonds. The van der Waals surface area contributed by atoms with Gasteiger partial charge in [-0.05, 0) is 18.8 Å². The minimum absolute atomic E-state index is 0.607. The van der Waals surface area contributed by atoms with Gasteiger partial charge in [-0.3, -0.25) is 0 Å². The van der Waals surface area contributed by atoms with Gasteiger partial charge in [0.2, 0.25) is 0 Å². The first-order chi connectivity index (χ1) is 6.11. The maximum absolute atomic E-state index is 3.55. The summed E-state index contributed by atoms with van der Waals surface area (Å²) in [4.78, 5) is 0. The molecule has 0 saturated carbocycles. The van der Waals surface area contributed by atoms with Gasteiger partial charge in [-0.15, -0.1) is 0 Å². The second-order valence-electron chi connectivity index (χ2n) is 3.70. The van der Waals surface area contributed by atoms with E-state index in [4.69, 9.17) is 0 Å². The molecule has 0 aliphatic carbocycles. The third-order valence-electron chi connectivity index (χ3n) is 2.30. The van der Waals surface area contributed by atoms with Crippen molar-refractivity contribution in [3.05, 3.63) is 12.2 Å². The molecule has 3 atom stereocenters. The summed E-state index contributed by atoms with van der Waals surface area (Å²) in [5, 5.41) is 3.55. The number of halogens is 1. The van der Waals surface area contributed by atoms with Crippen molar-refractivity contribution in [3.63, 3.8) is 0 Å². The van der Waals surface area contributed by atoms with Crippen LogP contribution in [-0.4, -0.2) is 10.6 Å². The molecule has 1 N–H and O–H groups in total. The van der Waals surface area contributed by atoms with E-state index in [1.54, 1.807) is 0 Å². The van der Waals surface area contributed by atoms with Gasteiger partial charge in [0.25, 0.3) is 0 Å². The van der Waals surface area contributed by atoms with Crippen LogP contribution < -0.4 is 5.32 Å². The van der Waals surface area contributed by atoms with Crippen LogP contribution in [0.15, 0.2) is 12.2 Å². The van der Waals surface area contributed by atoms with Crippen LogP contribution in [0.5, 0.6) is 0 Å². The molecule has 0 aromatic carbocycles. The number of hydrogen-bond acceptors (Lipinski definition) is 1. The SMILES string of the molecule is C/C=C\C(C)CNC(I)[C@H](C)CC. The van der Waals surface area contributed by atoms with E-state index in [1.165, 1.54) is 6.42 Å². The Kier molecular flexibility index (Phi) is 8.06. The van der Waals surface area contributed by atoms with Crippen LogP contribution in [-0.2, 0) is 0 Å². The Morgan fingerprint density at radius 3 is 2.46 bits per heavy atom. The van der Waals surface area contributed by atoms with E-state index in [0.717, 1.165) is 12.5 Å². The third kappa shape index (κ3) is 6.49. The standard InChI is InChI=1S/C11H22IN/c1-5-7-9(3)8-13-11(12)10(4)6-2/h5,7,9-11,13H,6,8H2,1-4H3/b7-5-/t9?,10-,11?/m1/s1. The van der Waals surface area contributed by atoms with Gasteiger partial charge in [0.1, 0.15) is 0 Å². The lowest BCUT2D eigenvalue weighted by atomic mass is 10.1. The molecule has 0 spiro atoms. The number of rotatable bonds is 6. The largest absolute Gasteiger partial charge is 0.305 e. The van der Waals surface area contributed by atoms with Crippen molar-refractivity contribution in [3.8, 4) is 0 Å². The molecule has 2 unspecified atom stereocenters. The highest BCUT2D eigenvalue weighted by Crippen LogP contribution is 2.14. The highest BCUT2D eigenvalue weighted by atomic mass is 127. The maximum Gasteiger partial charge on any atom is 0.0619 e. The van der Waals surface area contributed by atoms with E-state index in [0.29, 0.717) is 9.97 Å². The van der Waals surface area contributed by atoms with Gasteiger partial charge in [0, 0.05) is 6.54 Å². The minimum Gasteiger partial charge on any atom is -0.305 e. The fourth-order valence-electron chi connectivity index (χ4n) is 1.10. The molecule has 78 valence electrons. The molecule has 0 aliphatic heterocycles. The summed E-state index contributed by atoms with van der Waals surface area (Å²) < 4.78 is 0.607. The Bertz CT molecular complexity index is 145. The predicted molar refractivity (Wildman–Crippen MR) is 69.2 cm³/mol. The Balaban J connectivity index is 3.62. The van der Waals surface area contributed by atoms with Gasteiger partial charge in [0.15, 0.2) is 0 Å². The lowest BCUT2D eigenvalue weighted by molar-refractivity contribution is 0.463. The molecule has 0 saturated heterocycles. The summed E-state index contributed by atoms with van der Waals surface area (Å²) in [6.07, 6.45) is 5.61. The van der Waals surface area contributed by atoms with Crippen molar-refractivity contribution in [1.82, 2.24) is 5.32 Å². The Morgan fingerprint density at radius 2 is 2.00 bits per heavy atom. The van der Waals surface area contributed by atoms with Crippen molar-refractivity contribution >= 4 is 22.6 Å². The summed E-state index contributed by atoms with van der Waals surface area (Å²) in [7, 11) is 0. The van der Waals surface area contributed by atoms with E-state index in [9.17, 15) is 0 Å². The molecule has 0 radical (unpaired) electrons. The quantitative estimate of drug-likeness (QED) is 0.342. The van der Waals surface area contributed by atoms with Crippen LogP contribution in [0, 0.1) is 11.8 Å². The van der Waals surface area contributed by atoms with Crippen molar-refractivity contribution < 1.29 is 0 Å². The summed E-state index contributed by atoms with van der Waals surface area (Å²) in [5.74, 6) is 1.41. The molecule has 2 heteroatoms. The van der Waals surface area contributed by atoms with E-state index in [1.807, 2.05) is 0 Å². The number of allylic oxidation sites excluding steroid dienone is 1. The number of nitrogens with one attached hydrogen (secondary N) is 1. The van der Waals surface area contributed by atoms with E-state index in [-0.39, 0.29) is 0 Å². The van der Waals surface area contributed by atoms with Crippen molar-refractivity contribution in [1.29, 1.82) is 0 Å². The fourth-order valence-corrected chi connectivity index (χ4v) is 1.87. The van der Waals surface area contributed by atoms with Crippen LogP contribution in [0.1, 0.15) is 34.1 Å². The lowest BCUT2D eigenvalue weighted by Gasteiger charge is -2.19. The van der Waals surface area contributed by atoms with Crippen LogP contribution >= 0.6 is 22.6 Å². The smallest absolute Gasteiger partial charge is 0.0619 e. The van der Waals surface area contributed by atoms with Crippen LogP contribution in [0.2, 0.25) is 0 Å². The van der Waals surface area contributed by atoms with Gasteiger partial charge < -0.3 is 5.32 Å². The molecule has 1 nitrogen and oxygen atoms in total. The van der Waals surface area contributed by atoms with E-state index < -0.39 is 0 Å². The lowest BCUT2D eigenvalue weighted by Crippen LogP contribution is -2.32. The van der Waals surface area contributed by atoms with Crippen LogP contribution in [0.4, 0.5) is 0 Å². The van der Waals surface area contributed by atoms with Crippen molar-refractivity contribution in [2.75, 3.05) is 6.54 Å². The first-order valence-electron chi connectivity index (χ1n) is 5.12. The third-order valence-corrected chi connectivity index (χ3v) is 3.97. The topological polar surface area (TPSA) is 12.0 Å².